The molecule has 20 heavy (non-hydrogen) atoms. The standard InChI is InChI=1S/C17H26ClNO/c1-2-14-8-4-3-7-12-19(14)13-11-17(20)15-9-5-6-10-16(15)18/h5-6,9-10,14,17,20H,2-4,7-8,11-13H2,1H3. The highest BCUT2D eigenvalue weighted by Crippen LogP contribution is 2.26. The molecule has 0 spiro atoms. The molecule has 0 bridgehead atoms. The third-order valence-electron chi connectivity index (χ3n) is 4.42. The Labute approximate surface area is 127 Å². The van der Waals surface area contributed by atoms with Crippen molar-refractivity contribution in [3.05, 3.63) is 34.9 Å². The van der Waals surface area contributed by atoms with Gasteiger partial charge in [0, 0.05) is 17.6 Å². The van der Waals surface area contributed by atoms with Crippen LogP contribution >= 0.6 is 11.6 Å². The van der Waals surface area contributed by atoms with Crippen LogP contribution in [0.2, 0.25) is 5.02 Å². The van der Waals surface area contributed by atoms with Crippen LogP contribution in [0.15, 0.2) is 24.3 Å². The van der Waals surface area contributed by atoms with Gasteiger partial charge in [0.05, 0.1) is 6.10 Å². The van der Waals surface area contributed by atoms with Crippen LogP contribution in [0.1, 0.15) is 57.1 Å². The van der Waals surface area contributed by atoms with Crippen molar-refractivity contribution < 1.29 is 5.11 Å². The monoisotopic (exact) mass is 295 g/mol. The van der Waals surface area contributed by atoms with Gasteiger partial charge in [-0.2, -0.15) is 0 Å². The summed E-state index contributed by atoms with van der Waals surface area (Å²) in [7, 11) is 0. The Kier molecular flexibility index (Phi) is 6.34. The molecule has 2 nitrogen and oxygen atoms in total. The number of nitrogens with zero attached hydrogens (tertiary/aromatic N) is 1. The molecular formula is C17H26ClNO. The highest BCUT2D eigenvalue weighted by atomic mass is 35.5. The topological polar surface area (TPSA) is 23.5 Å². The summed E-state index contributed by atoms with van der Waals surface area (Å²) in [5.74, 6) is 0. The molecule has 0 radical (unpaired) electrons. The lowest BCUT2D eigenvalue weighted by Crippen LogP contribution is -2.35. The number of aliphatic hydroxyl groups excluding tert-OH is 1. The number of aliphatic hydroxyl groups is 1. The third-order valence-corrected chi connectivity index (χ3v) is 4.77. The van der Waals surface area contributed by atoms with Gasteiger partial charge in [-0.25, -0.2) is 0 Å². The molecule has 0 aliphatic carbocycles. The Morgan fingerprint density at radius 1 is 1.30 bits per heavy atom. The molecule has 0 saturated carbocycles. The molecule has 1 aliphatic rings. The van der Waals surface area contributed by atoms with Crippen molar-refractivity contribution in [2.75, 3.05) is 13.1 Å². The van der Waals surface area contributed by atoms with Gasteiger partial charge in [-0.15, -0.1) is 0 Å². The lowest BCUT2D eigenvalue weighted by atomic mass is 10.0. The van der Waals surface area contributed by atoms with Crippen molar-refractivity contribution in [3.63, 3.8) is 0 Å². The van der Waals surface area contributed by atoms with E-state index in [0.29, 0.717) is 11.1 Å². The molecule has 3 heteroatoms. The lowest BCUT2D eigenvalue weighted by Gasteiger charge is -2.30. The van der Waals surface area contributed by atoms with E-state index in [1.54, 1.807) is 0 Å². The molecule has 0 amide bonds. The first-order chi connectivity index (χ1) is 9.72. The fourth-order valence-corrected chi connectivity index (χ4v) is 3.44. The van der Waals surface area contributed by atoms with Gasteiger partial charge in [0.25, 0.3) is 0 Å². The van der Waals surface area contributed by atoms with Crippen molar-refractivity contribution in [2.45, 2.75) is 57.6 Å². The van der Waals surface area contributed by atoms with E-state index in [9.17, 15) is 5.11 Å². The molecule has 1 aliphatic heterocycles. The lowest BCUT2D eigenvalue weighted by molar-refractivity contribution is 0.122. The first kappa shape index (κ1) is 15.8. The average Bonchev–Trinajstić information content (AvgIpc) is 2.70. The largest absolute Gasteiger partial charge is 0.388 e. The maximum atomic E-state index is 10.4. The number of halogens is 1. The van der Waals surface area contributed by atoms with Gasteiger partial charge in [-0.05, 0) is 43.9 Å². The molecule has 1 fully saturated rings. The number of rotatable bonds is 5. The van der Waals surface area contributed by atoms with Crippen LogP contribution < -0.4 is 0 Å². The highest BCUT2D eigenvalue weighted by molar-refractivity contribution is 6.31. The van der Waals surface area contributed by atoms with Gasteiger partial charge in [-0.1, -0.05) is 49.6 Å². The first-order valence-electron chi connectivity index (χ1n) is 7.89. The zero-order valence-electron chi connectivity index (χ0n) is 12.4. The fourth-order valence-electron chi connectivity index (χ4n) is 3.18. The molecule has 0 aromatic heterocycles. The normalized spacial score (nSPS) is 22.4. The summed E-state index contributed by atoms with van der Waals surface area (Å²) in [6, 6.07) is 8.30. The van der Waals surface area contributed by atoms with Gasteiger partial charge in [0.1, 0.15) is 0 Å². The highest BCUT2D eigenvalue weighted by Gasteiger charge is 2.20. The molecule has 1 N–H and O–H groups in total. The smallest absolute Gasteiger partial charge is 0.0816 e. The van der Waals surface area contributed by atoms with Crippen LogP contribution in [0.5, 0.6) is 0 Å². The average molecular weight is 296 g/mol. The summed E-state index contributed by atoms with van der Waals surface area (Å²) in [5, 5.41) is 11.0. The molecule has 112 valence electrons. The molecule has 2 unspecified atom stereocenters. The van der Waals surface area contributed by atoms with E-state index >= 15 is 0 Å². The Bertz CT molecular complexity index is 410. The molecule has 2 atom stereocenters. The minimum atomic E-state index is -0.454. The maximum absolute atomic E-state index is 10.4. The van der Waals surface area contributed by atoms with Crippen LogP contribution in [0, 0.1) is 0 Å². The SMILES string of the molecule is CCC1CCCCCN1CCC(O)c1ccccc1Cl. The summed E-state index contributed by atoms with van der Waals surface area (Å²) in [4.78, 5) is 2.56. The Morgan fingerprint density at radius 3 is 2.85 bits per heavy atom. The minimum absolute atomic E-state index is 0.454. The van der Waals surface area contributed by atoms with Crippen LogP contribution in [0.3, 0.4) is 0 Å². The fraction of sp³-hybridized carbons (Fsp3) is 0.647. The van der Waals surface area contributed by atoms with E-state index in [-0.39, 0.29) is 0 Å². The second kappa shape index (κ2) is 8.02. The zero-order chi connectivity index (χ0) is 14.4. The molecule has 1 heterocycles. The summed E-state index contributed by atoms with van der Waals surface area (Å²) in [6.45, 7) is 4.41. The Hall–Kier alpha value is -0.570. The van der Waals surface area contributed by atoms with Gasteiger partial charge in [0.2, 0.25) is 0 Å². The van der Waals surface area contributed by atoms with E-state index in [2.05, 4.69) is 11.8 Å². The second-order valence-electron chi connectivity index (χ2n) is 5.77. The van der Waals surface area contributed by atoms with Crippen molar-refractivity contribution in [3.8, 4) is 0 Å². The van der Waals surface area contributed by atoms with E-state index in [0.717, 1.165) is 18.5 Å². The summed E-state index contributed by atoms with van der Waals surface area (Å²) in [5.41, 5.74) is 0.858. The number of hydrogen-bond donors (Lipinski definition) is 1. The van der Waals surface area contributed by atoms with Crippen molar-refractivity contribution >= 4 is 11.6 Å². The van der Waals surface area contributed by atoms with E-state index in [1.165, 1.54) is 38.6 Å². The quantitative estimate of drug-likeness (QED) is 0.869. The predicted octanol–water partition coefficient (Wildman–Crippen LogP) is 4.42. The Morgan fingerprint density at radius 2 is 2.10 bits per heavy atom. The number of likely N-dealkylation sites (tertiary alicyclic amines) is 1. The second-order valence-corrected chi connectivity index (χ2v) is 6.18. The maximum Gasteiger partial charge on any atom is 0.0816 e. The van der Waals surface area contributed by atoms with Crippen LogP contribution in [0.25, 0.3) is 0 Å². The molecular weight excluding hydrogens is 270 g/mol. The van der Waals surface area contributed by atoms with Crippen molar-refractivity contribution in [1.82, 2.24) is 4.90 Å². The van der Waals surface area contributed by atoms with Crippen LogP contribution in [-0.2, 0) is 0 Å². The third kappa shape index (κ3) is 4.21. The molecule has 1 aromatic carbocycles. The molecule has 1 aromatic rings. The number of benzene rings is 1. The van der Waals surface area contributed by atoms with E-state index in [4.69, 9.17) is 11.6 Å². The van der Waals surface area contributed by atoms with Gasteiger partial charge in [-0.3, -0.25) is 0 Å². The van der Waals surface area contributed by atoms with Gasteiger partial charge in [0.15, 0.2) is 0 Å². The van der Waals surface area contributed by atoms with Gasteiger partial charge >= 0.3 is 0 Å². The first-order valence-corrected chi connectivity index (χ1v) is 8.26. The van der Waals surface area contributed by atoms with Crippen molar-refractivity contribution in [1.29, 1.82) is 0 Å². The zero-order valence-corrected chi connectivity index (χ0v) is 13.1. The molecule has 1 saturated heterocycles. The van der Waals surface area contributed by atoms with E-state index < -0.39 is 6.10 Å². The summed E-state index contributed by atoms with van der Waals surface area (Å²) >= 11 is 6.15. The van der Waals surface area contributed by atoms with Gasteiger partial charge < -0.3 is 10.0 Å². The summed E-state index contributed by atoms with van der Waals surface area (Å²) in [6.07, 6.45) is 6.81. The van der Waals surface area contributed by atoms with Crippen LogP contribution in [-0.4, -0.2) is 29.1 Å². The predicted molar refractivity (Wildman–Crippen MR) is 85.1 cm³/mol. The molecule has 2 rings (SSSR count). The minimum Gasteiger partial charge on any atom is -0.388 e. The number of hydrogen-bond acceptors (Lipinski definition) is 2. The van der Waals surface area contributed by atoms with Crippen LogP contribution in [0.4, 0.5) is 0 Å². The van der Waals surface area contributed by atoms with E-state index in [1.807, 2.05) is 24.3 Å². The van der Waals surface area contributed by atoms with Crippen molar-refractivity contribution in [2.24, 2.45) is 0 Å². The summed E-state index contributed by atoms with van der Waals surface area (Å²) < 4.78 is 0. The Balaban J connectivity index is 1.91.